The first-order valence-corrected chi connectivity index (χ1v) is 6.16. The van der Waals surface area contributed by atoms with Crippen LogP contribution in [0, 0.1) is 17.6 Å². The van der Waals surface area contributed by atoms with Crippen LogP contribution in [0.25, 0.3) is 0 Å². The lowest BCUT2D eigenvalue weighted by molar-refractivity contribution is 0.360. The minimum atomic E-state index is -0.492. The number of hydrogen-bond acceptors (Lipinski definition) is 0. The van der Waals surface area contributed by atoms with Gasteiger partial charge in [0.25, 0.3) is 0 Å². The van der Waals surface area contributed by atoms with Gasteiger partial charge in [-0.15, -0.1) is 11.6 Å². The fraction of sp³-hybridized carbons (Fsp3) is 0.538. The van der Waals surface area contributed by atoms with Crippen LogP contribution in [0.5, 0.6) is 0 Å². The third-order valence-electron chi connectivity index (χ3n) is 3.17. The van der Waals surface area contributed by atoms with Crippen LogP contribution in [0.2, 0.25) is 0 Å². The normalized spacial score (nSPS) is 25.7. The Labute approximate surface area is 99.6 Å². The molecule has 0 spiro atoms. The van der Waals surface area contributed by atoms with Crippen molar-refractivity contribution in [2.75, 3.05) is 0 Å². The largest absolute Gasteiger partial charge is 0.207 e. The van der Waals surface area contributed by atoms with E-state index in [1.807, 2.05) is 0 Å². The molecule has 2 rings (SSSR count). The molecule has 0 radical (unpaired) electrons. The summed E-state index contributed by atoms with van der Waals surface area (Å²) in [6.45, 7) is 0. The number of halogens is 3. The maximum atomic E-state index is 13.0. The summed E-state index contributed by atoms with van der Waals surface area (Å²) in [7, 11) is 0. The average Bonchev–Trinajstić information content (AvgIpc) is 2.15. The predicted octanol–water partition coefficient (Wildman–Crippen LogP) is 4.30. The van der Waals surface area contributed by atoms with Crippen molar-refractivity contribution >= 4 is 11.6 Å². The molecule has 0 aromatic heterocycles. The number of alkyl halides is 1. The van der Waals surface area contributed by atoms with Crippen molar-refractivity contribution < 1.29 is 8.78 Å². The summed E-state index contributed by atoms with van der Waals surface area (Å²) in [5.41, 5.74) is 0.744. The second kappa shape index (κ2) is 5.13. The Hall–Kier alpha value is -0.630. The van der Waals surface area contributed by atoms with Gasteiger partial charge >= 0.3 is 0 Å². The summed E-state index contributed by atoms with van der Waals surface area (Å²) in [5.74, 6) is -0.515. The van der Waals surface area contributed by atoms with Gasteiger partial charge in [0.15, 0.2) is 0 Å². The third kappa shape index (κ3) is 3.18. The van der Waals surface area contributed by atoms with Crippen molar-refractivity contribution in [3.63, 3.8) is 0 Å². The highest BCUT2D eigenvalue weighted by Crippen LogP contribution is 2.30. The summed E-state index contributed by atoms with van der Waals surface area (Å²) in [6.07, 6.45) is 4.99. The van der Waals surface area contributed by atoms with Gasteiger partial charge < -0.3 is 0 Å². The highest BCUT2D eigenvalue weighted by Gasteiger charge is 2.20. The predicted molar refractivity (Wildman–Crippen MR) is 61.7 cm³/mol. The zero-order chi connectivity index (χ0) is 11.5. The second-order valence-corrected chi connectivity index (χ2v) is 5.23. The maximum absolute atomic E-state index is 13.0. The van der Waals surface area contributed by atoms with Gasteiger partial charge in [-0.2, -0.15) is 0 Å². The molecular formula is C13H15ClF2. The van der Waals surface area contributed by atoms with E-state index in [9.17, 15) is 8.78 Å². The van der Waals surface area contributed by atoms with Crippen molar-refractivity contribution in [2.45, 2.75) is 37.5 Å². The van der Waals surface area contributed by atoms with E-state index in [-0.39, 0.29) is 5.38 Å². The molecule has 0 aliphatic heterocycles. The topological polar surface area (TPSA) is 0 Å². The molecule has 0 nitrogen and oxygen atoms in total. The lowest BCUT2D eigenvalue weighted by Crippen LogP contribution is -2.17. The molecule has 2 unspecified atom stereocenters. The molecule has 0 saturated heterocycles. The van der Waals surface area contributed by atoms with E-state index in [4.69, 9.17) is 11.6 Å². The van der Waals surface area contributed by atoms with Crippen molar-refractivity contribution in [2.24, 2.45) is 5.92 Å². The quantitative estimate of drug-likeness (QED) is 0.681. The van der Waals surface area contributed by atoms with Gasteiger partial charge in [0, 0.05) is 11.4 Å². The Bertz CT molecular complexity index is 345. The van der Waals surface area contributed by atoms with Crippen molar-refractivity contribution in [3.8, 4) is 0 Å². The third-order valence-corrected chi connectivity index (χ3v) is 3.56. The second-order valence-electron chi connectivity index (χ2n) is 4.61. The van der Waals surface area contributed by atoms with Crippen LogP contribution in [-0.4, -0.2) is 5.38 Å². The van der Waals surface area contributed by atoms with E-state index >= 15 is 0 Å². The van der Waals surface area contributed by atoms with Gasteiger partial charge in [0.2, 0.25) is 0 Å². The van der Waals surface area contributed by atoms with Crippen molar-refractivity contribution in [3.05, 3.63) is 35.4 Å². The Balaban J connectivity index is 2.02. The molecule has 0 heterocycles. The van der Waals surface area contributed by atoms with Crippen LogP contribution < -0.4 is 0 Å². The van der Waals surface area contributed by atoms with Gasteiger partial charge in [-0.3, -0.25) is 0 Å². The van der Waals surface area contributed by atoms with E-state index in [0.29, 0.717) is 5.92 Å². The van der Waals surface area contributed by atoms with E-state index in [1.54, 1.807) is 0 Å². The molecule has 16 heavy (non-hydrogen) atoms. The average molecular weight is 245 g/mol. The molecule has 2 atom stereocenters. The van der Waals surface area contributed by atoms with Gasteiger partial charge in [0.05, 0.1) is 0 Å². The lowest BCUT2D eigenvalue weighted by atomic mass is 9.84. The van der Waals surface area contributed by atoms with E-state index in [2.05, 4.69) is 0 Å². The van der Waals surface area contributed by atoms with Crippen LogP contribution in [-0.2, 0) is 6.42 Å². The molecule has 1 saturated carbocycles. The highest BCUT2D eigenvalue weighted by atomic mass is 35.5. The minimum absolute atomic E-state index is 0.233. The molecule has 1 aliphatic rings. The highest BCUT2D eigenvalue weighted by molar-refractivity contribution is 6.20. The number of rotatable bonds is 2. The van der Waals surface area contributed by atoms with Crippen LogP contribution in [0.4, 0.5) is 8.78 Å². The molecule has 1 aromatic rings. The van der Waals surface area contributed by atoms with E-state index in [0.717, 1.165) is 43.7 Å². The van der Waals surface area contributed by atoms with Gasteiger partial charge in [-0.05, 0) is 42.9 Å². The molecule has 3 heteroatoms. The SMILES string of the molecule is Fc1cc(F)cc(CC2CCCC(Cl)C2)c1. The van der Waals surface area contributed by atoms with Gasteiger partial charge in [-0.25, -0.2) is 8.78 Å². The Morgan fingerprint density at radius 3 is 2.44 bits per heavy atom. The van der Waals surface area contributed by atoms with Crippen LogP contribution in [0.3, 0.4) is 0 Å². The van der Waals surface area contributed by atoms with E-state index in [1.165, 1.54) is 12.1 Å². The summed E-state index contributed by atoms with van der Waals surface area (Å²) >= 11 is 6.09. The summed E-state index contributed by atoms with van der Waals surface area (Å²) in [5, 5.41) is 0.233. The molecule has 88 valence electrons. The maximum Gasteiger partial charge on any atom is 0.126 e. The zero-order valence-corrected chi connectivity index (χ0v) is 9.81. The first-order chi connectivity index (χ1) is 7.63. The summed E-state index contributed by atoms with van der Waals surface area (Å²) in [4.78, 5) is 0. The van der Waals surface area contributed by atoms with Crippen LogP contribution in [0.1, 0.15) is 31.2 Å². The van der Waals surface area contributed by atoms with Crippen molar-refractivity contribution in [1.82, 2.24) is 0 Å². The molecule has 1 aliphatic carbocycles. The molecule has 0 amide bonds. The number of hydrogen-bond donors (Lipinski definition) is 0. The van der Waals surface area contributed by atoms with Crippen molar-refractivity contribution in [1.29, 1.82) is 0 Å². The standard InChI is InChI=1S/C13H15ClF2/c14-11-3-1-2-9(5-11)4-10-6-12(15)8-13(16)7-10/h6-9,11H,1-5H2. The minimum Gasteiger partial charge on any atom is -0.207 e. The summed E-state index contributed by atoms with van der Waals surface area (Å²) in [6, 6.07) is 3.75. The monoisotopic (exact) mass is 244 g/mol. The Kier molecular flexibility index (Phi) is 3.80. The number of benzene rings is 1. The molecule has 0 N–H and O–H groups in total. The van der Waals surface area contributed by atoms with E-state index < -0.39 is 11.6 Å². The van der Waals surface area contributed by atoms with Crippen LogP contribution in [0.15, 0.2) is 18.2 Å². The zero-order valence-electron chi connectivity index (χ0n) is 9.06. The Morgan fingerprint density at radius 2 is 1.81 bits per heavy atom. The Morgan fingerprint density at radius 1 is 1.12 bits per heavy atom. The molecule has 1 fully saturated rings. The van der Waals surface area contributed by atoms with Crippen LogP contribution >= 0.6 is 11.6 Å². The van der Waals surface area contributed by atoms with Gasteiger partial charge in [0.1, 0.15) is 11.6 Å². The molecule has 0 bridgehead atoms. The summed E-state index contributed by atoms with van der Waals surface area (Å²) < 4.78 is 26.0. The first kappa shape index (κ1) is 11.8. The smallest absolute Gasteiger partial charge is 0.126 e. The molecular weight excluding hydrogens is 230 g/mol. The fourth-order valence-corrected chi connectivity index (χ4v) is 2.88. The molecule has 1 aromatic carbocycles. The fourth-order valence-electron chi connectivity index (χ4n) is 2.47. The van der Waals surface area contributed by atoms with Gasteiger partial charge in [-0.1, -0.05) is 12.8 Å². The first-order valence-electron chi connectivity index (χ1n) is 5.72. The lowest BCUT2D eigenvalue weighted by Gasteiger charge is -2.25.